The quantitative estimate of drug-likeness (QED) is 0.0147. The number of esters is 1. The lowest BCUT2D eigenvalue weighted by atomic mass is 9.85. The zero-order valence-electron chi connectivity index (χ0n) is 40.8. The van der Waals surface area contributed by atoms with Gasteiger partial charge in [-0.2, -0.15) is 0 Å². The van der Waals surface area contributed by atoms with E-state index in [1.54, 1.807) is 0 Å². The van der Waals surface area contributed by atoms with E-state index >= 15 is 0 Å². The number of ether oxygens (including phenoxy) is 2. The lowest BCUT2D eigenvalue weighted by molar-refractivity contribution is -0.220. The molecule has 13 heteroatoms. The molecule has 1 aliphatic carbocycles. The molecular weight excluding hydrogens is 848 g/mol. The smallest absolute Gasteiger partial charge is 0.457 e. The second-order valence-corrected chi connectivity index (χ2v) is 19.4. The van der Waals surface area contributed by atoms with Crippen LogP contribution in [-0.2, 0) is 27.9 Å². The van der Waals surface area contributed by atoms with Gasteiger partial charge in [0.25, 0.3) is 0 Å². The minimum absolute atomic E-state index is 0.0867. The fraction of sp³-hybridized carbons (Fsp3) is 0.827. The predicted octanol–water partition coefficient (Wildman–Crippen LogP) is 11.6. The van der Waals surface area contributed by atoms with Crippen LogP contribution >= 0.6 is 7.82 Å². The minimum Gasteiger partial charge on any atom is -0.457 e. The molecule has 0 bridgehead atoms. The van der Waals surface area contributed by atoms with Crippen LogP contribution in [0.4, 0.5) is 0 Å². The Labute approximate surface area is 395 Å². The van der Waals surface area contributed by atoms with Gasteiger partial charge in [0, 0.05) is 13.0 Å². The van der Waals surface area contributed by atoms with Gasteiger partial charge in [0.05, 0.1) is 13.2 Å². The topological polar surface area (TPSA) is 192 Å². The van der Waals surface area contributed by atoms with Gasteiger partial charge >= 0.3 is 13.8 Å². The van der Waals surface area contributed by atoms with E-state index in [2.05, 4.69) is 62.5 Å². The lowest BCUT2D eigenvalue weighted by Crippen LogP contribution is -2.64. The van der Waals surface area contributed by atoms with E-state index < -0.39 is 63.1 Å². The zero-order chi connectivity index (χ0) is 47.6. The van der Waals surface area contributed by atoms with E-state index in [4.69, 9.17) is 18.5 Å². The van der Waals surface area contributed by atoms with E-state index in [1.807, 2.05) is 0 Å². The Hall–Kier alpha value is -1.70. The molecule has 12 nitrogen and oxygen atoms in total. The number of phosphoric acid groups is 1. The summed E-state index contributed by atoms with van der Waals surface area (Å²) < 4.78 is 34.3. The number of carbonyl (C=O) groups excluding carboxylic acids is 1. The fourth-order valence-electron chi connectivity index (χ4n) is 7.77. The summed E-state index contributed by atoms with van der Waals surface area (Å²) in [6, 6.07) is 0. The average Bonchev–Trinajstić information content (AvgIpc) is 3.29. The molecule has 1 fully saturated rings. The van der Waals surface area contributed by atoms with Gasteiger partial charge in [-0.15, -0.1) is 0 Å². The highest BCUT2D eigenvalue weighted by molar-refractivity contribution is 7.47. The van der Waals surface area contributed by atoms with E-state index in [1.165, 1.54) is 103 Å². The SMILES string of the molecule is CCCCCCC/C=C\C/C=C\C/C=C\CCCCCCCCC(=O)OC(COCCCCCCCC/C=C\CCCCCCCCC)COP(=O)(O)OC1C(O)C(O)C(O)C(O)C1O. The van der Waals surface area contributed by atoms with Crippen LogP contribution in [0.15, 0.2) is 48.6 Å². The van der Waals surface area contributed by atoms with Gasteiger partial charge in [0.15, 0.2) is 0 Å². The molecule has 0 spiro atoms. The Bertz CT molecular complexity index is 1260. The van der Waals surface area contributed by atoms with Crippen LogP contribution in [0, 0.1) is 0 Å². The number of unbranched alkanes of at least 4 members (excludes halogenated alkanes) is 24. The average molecular weight is 943 g/mol. The molecule has 65 heavy (non-hydrogen) atoms. The molecular formula is C52H95O12P. The largest absolute Gasteiger partial charge is 0.472 e. The summed E-state index contributed by atoms with van der Waals surface area (Å²) in [7, 11) is -5.03. The lowest BCUT2D eigenvalue weighted by Gasteiger charge is -2.41. The number of rotatable bonds is 44. The Morgan fingerprint density at radius 2 is 0.862 bits per heavy atom. The fourth-order valence-corrected chi connectivity index (χ4v) is 8.74. The molecule has 0 heterocycles. The second kappa shape index (κ2) is 42.4. The second-order valence-electron chi connectivity index (χ2n) is 18.0. The molecule has 0 aliphatic heterocycles. The number of hydrogen-bond donors (Lipinski definition) is 6. The highest BCUT2D eigenvalue weighted by atomic mass is 31.2. The Morgan fingerprint density at radius 3 is 1.32 bits per heavy atom. The number of allylic oxidation sites excluding steroid dienone is 8. The zero-order valence-corrected chi connectivity index (χ0v) is 41.7. The molecule has 0 amide bonds. The third kappa shape index (κ3) is 34.3. The first-order chi connectivity index (χ1) is 31.5. The number of hydrogen-bond acceptors (Lipinski definition) is 11. The molecule has 1 aliphatic rings. The maximum absolute atomic E-state index is 12.9. The van der Waals surface area contributed by atoms with Crippen LogP contribution in [0.1, 0.15) is 213 Å². The summed E-state index contributed by atoms with van der Waals surface area (Å²) >= 11 is 0. The van der Waals surface area contributed by atoms with Crippen LogP contribution in [0.5, 0.6) is 0 Å². The molecule has 380 valence electrons. The van der Waals surface area contributed by atoms with E-state index in [0.717, 1.165) is 83.5 Å². The summed E-state index contributed by atoms with van der Waals surface area (Å²) in [6.07, 6.45) is 40.3. The number of carbonyl (C=O) groups is 1. The molecule has 0 saturated heterocycles. The molecule has 0 aromatic carbocycles. The highest BCUT2D eigenvalue weighted by Gasteiger charge is 2.51. The standard InChI is InChI=1S/C52H95O12P/c1-3-5-7-9-11-13-15-17-19-21-22-23-24-25-27-29-31-33-35-37-39-41-46(53)63-45(44-62-65(59,60)64-52-50(57)48(55)47(54)49(56)51(52)58)43-61-42-40-38-36-34-32-30-28-26-20-18-16-14-12-10-8-6-4-2/h15,17,20-22,24-26,45,47-52,54-58H,3-14,16,18-19,23,27-44H2,1-2H3,(H,59,60)/b17-15-,22-21-,25-24-,26-20-. The third-order valence-corrected chi connectivity index (χ3v) is 12.9. The Morgan fingerprint density at radius 1 is 0.492 bits per heavy atom. The molecule has 6 atom stereocenters. The van der Waals surface area contributed by atoms with Gasteiger partial charge in [-0.3, -0.25) is 13.8 Å². The minimum atomic E-state index is -5.03. The first-order valence-corrected chi connectivity index (χ1v) is 27.5. The number of aliphatic hydroxyl groups is 5. The number of aliphatic hydroxyl groups excluding tert-OH is 5. The summed E-state index contributed by atoms with van der Waals surface area (Å²) in [5.74, 6) is -0.491. The van der Waals surface area contributed by atoms with Crippen molar-refractivity contribution in [1.29, 1.82) is 0 Å². The van der Waals surface area contributed by atoms with Gasteiger partial charge in [-0.25, -0.2) is 4.57 Å². The van der Waals surface area contributed by atoms with Crippen molar-refractivity contribution in [3.8, 4) is 0 Å². The first-order valence-electron chi connectivity index (χ1n) is 26.0. The van der Waals surface area contributed by atoms with Crippen LogP contribution in [-0.4, -0.2) is 98.9 Å². The predicted molar refractivity (Wildman–Crippen MR) is 262 cm³/mol. The monoisotopic (exact) mass is 943 g/mol. The van der Waals surface area contributed by atoms with Crippen LogP contribution in [0.2, 0.25) is 0 Å². The van der Waals surface area contributed by atoms with Crippen LogP contribution in [0.25, 0.3) is 0 Å². The van der Waals surface area contributed by atoms with Crippen molar-refractivity contribution in [2.45, 2.75) is 256 Å². The Kier molecular flexibility index (Phi) is 40.0. The van der Waals surface area contributed by atoms with Gasteiger partial charge in [0.2, 0.25) is 0 Å². The molecule has 0 radical (unpaired) electrons. The third-order valence-electron chi connectivity index (χ3n) is 11.9. The van der Waals surface area contributed by atoms with Gasteiger partial charge < -0.3 is 39.9 Å². The van der Waals surface area contributed by atoms with Gasteiger partial charge in [-0.1, -0.05) is 178 Å². The van der Waals surface area contributed by atoms with E-state index in [0.29, 0.717) is 13.0 Å². The van der Waals surface area contributed by atoms with Gasteiger partial charge in [0.1, 0.15) is 42.7 Å². The summed E-state index contributed by atoms with van der Waals surface area (Å²) in [5, 5.41) is 50.3. The molecule has 6 unspecified atom stereocenters. The van der Waals surface area contributed by atoms with Crippen molar-refractivity contribution < 1.29 is 58.3 Å². The van der Waals surface area contributed by atoms with E-state index in [-0.39, 0.29) is 13.0 Å². The molecule has 1 rings (SSSR count). The van der Waals surface area contributed by atoms with Crippen molar-refractivity contribution >= 4 is 13.8 Å². The normalized spacial score (nSPS) is 21.9. The summed E-state index contributed by atoms with van der Waals surface area (Å²) in [6.45, 7) is 4.24. The van der Waals surface area contributed by atoms with Crippen molar-refractivity contribution in [3.63, 3.8) is 0 Å². The van der Waals surface area contributed by atoms with Crippen molar-refractivity contribution in [1.82, 2.24) is 0 Å². The number of phosphoric ester groups is 1. The van der Waals surface area contributed by atoms with E-state index in [9.17, 15) is 39.8 Å². The summed E-state index contributed by atoms with van der Waals surface area (Å²) in [5.41, 5.74) is 0. The maximum Gasteiger partial charge on any atom is 0.472 e. The van der Waals surface area contributed by atoms with Crippen LogP contribution < -0.4 is 0 Å². The maximum atomic E-state index is 12.9. The first kappa shape index (κ1) is 61.3. The molecule has 0 aromatic rings. The van der Waals surface area contributed by atoms with Crippen LogP contribution in [0.3, 0.4) is 0 Å². The Balaban J connectivity index is 2.36. The van der Waals surface area contributed by atoms with Gasteiger partial charge in [-0.05, 0) is 77.0 Å². The van der Waals surface area contributed by atoms with Crippen molar-refractivity contribution in [2.75, 3.05) is 19.8 Å². The van der Waals surface area contributed by atoms with Crippen molar-refractivity contribution in [3.05, 3.63) is 48.6 Å². The molecule has 6 N–H and O–H groups in total. The summed E-state index contributed by atoms with van der Waals surface area (Å²) in [4.78, 5) is 23.2. The van der Waals surface area contributed by atoms with Crippen molar-refractivity contribution in [2.24, 2.45) is 0 Å². The molecule has 1 saturated carbocycles. The molecule has 0 aromatic heterocycles. The highest BCUT2D eigenvalue weighted by Crippen LogP contribution is 2.47.